The van der Waals surface area contributed by atoms with Crippen LogP contribution in [0.15, 0.2) is 0 Å². The molecule has 2 aliphatic carbocycles. The smallest absolute Gasteiger partial charge is 0.407 e. The van der Waals surface area contributed by atoms with E-state index >= 15 is 0 Å². The summed E-state index contributed by atoms with van der Waals surface area (Å²) in [5.41, 5.74) is -0.0389. The first-order valence-corrected chi connectivity index (χ1v) is 11.2. The summed E-state index contributed by atoms with van der Waals surface area (Å²) in [6.45, 7) is 12.3. The van der Waals surface area contributed by atoms with E-state index in [2.05, 4.69) is 25.0 Å². The summed E-state index contributed by atoms with van der Waals surface area (Å²) in [4.78, 5) is 23.4. The molecule has 2 aliphatic rings. The number of alkyl carbamates (subject to hydrolysis) is 1. The molecule has 120 valence electrons. The normalized spacial score (nSPS) is 35.0. The van der Waals surface area contributed by atoms with E-state index in [9.17, 15) is 14.7 Å². The first-order chi connectivity index (χ1) is 9.42. The molecule has 0 heterocycles. The molecule has 5 nitrogen and oxygen atoms in total. The number of hydrogen-bond acceptors (Lipinski definition) is 3. The van der Waals surface area contributed by atoms with E-state index in [-0.39, 0.29) is 17.9 Å². The molecule has 0 aromatic rings. The molecule has 0 saturated heterocycles. The van der Waals surface area contributed by atoms with Gasteiger partial charge < -0.3 is 15.2 Å². The molecule has 21 heavy (non-hydrogen) atoms. The standard InChI is InChI=1S/C15H27NO4Si/c1-15(2,3)20-14(19)16-9-7-8(13(17)18)10-11(9)12(10)21(4,5)6/h8-12H,7H2,1-6H3,(H,16,19)(H,17,18)/t8-,9+,10+,11-,12?/m0/s1. The average Bonchev–Trinajstić information content (AvgIpc) is 2.87. The molecular weight excluding hydrogens is 286 g/mol. The molecule has 6 heteroatoms. The molecule has 5 atom stereocenters. The third-order valence-electron chi connectivity index (χ3n) is 4.59. The number of ether oxygens (including phenoxy) is 1. The van der Waals surface area contributed by atoms with Crippen LogP contribution >= 0.6 is 0 Å². The SMILES string of the molecule is CC(C)(C)OC(=O)N[C@@H]1C[C@H](C(=O)O)[C@H]2C([Si](C)(C)C)[C@H]21. The van der Waals surface area contributed by atoms with Gasteiger partial charge in [0.05, 0.1) is 5.92 Å². The van der Waals surface area contributed by atoms with E-state index in [4.69, 9.17) is 4.74 Å². The van der Waals surface area contributed by atoms with Crippen molar-refractivity contribution in [3.05, 3.63) is 0 Å². The Morgan fingerprint density at radius 2 is 1.76 bits per heavy atom. The Labute approximate surface area is 127 Å². The number of carboxylic acid groups (broad SMARTS) is 1. The van der Waals surface area contributed by atoms with Gasteiger partial charge in [0.15, 0.2) is 0 Å². The number of carbonyl (C=O) groups excluding carboxylic acids is 1. The minimum atomic E-state index is -1.40. The lowest BCUT2D eigenvalue weighted by Crippen LogP contribution is -2.41. The summed E-state index contributed by atoms with van der Waals surface area (Å²) in [5, 5.41) is 12.3. The number of amides is 1. The predicted molar refractivity (Wildman–Crippen MR) is 83.0 cm³/mol. The number of carboxylic acids is 1. The topological polar surface area (TPSA) is 75.6 Å². The maximum atomic E-state index is 11.9. The van der Waals surface area contributed by atoms with Gasteiger partial charge in [0, 0.05) is 14.1 Å². The van der Waals surface area contributed by atoms with E-state index < -0.39 is 25.7 Å². The molecule has 0 radical (unpaired) electrons. The fourth-order valence-electron chi connectivity index (χ4n) is 4.02. The monoisotopic (exact) mass is 313 g/mol. The van der Waals surface area contributed by atoms with Gasteiger partial charge in [-0.25, -0.2) is 4.79 Å². The first-order valence-electron chi connectivity index (χ1n) is 7.64. The van der Waals surface area contributed by atoms with Crippen molar-refractivity contribution in [3.63, 3.8) is 0 Å². The van der Waals surface area contributed by atoms with Gasteiger partial charge in [0.2, 0.25) is 0 Å². The lowest BCUT2D eigenvalue weighted by atomic mass is 10.0. The van der Waals surface area contributed by atoms with E-state index in [0.717, 1.165) is 0 Å². The Bertz CT molecular complexity index is 452. The van der Waals surface area contributed by atoms with Crippen molar-refractivity contribution in [1.82, 2.24) is 5.32 Å². The minimum absolute atomic E-state index is 0.0531. The highest BCUT2D eigenvalue weighted by Gasteiger charge is 2.68. The second-order valence-corrected chi connectivity index (χ2v) is 13.9. The zero-order chi connectivity index (χ0) is 16.2. The van der Waals surface area contributed by atoms with Crippen molar-refractivity contribution >= 4 is 20.1 Å². The summed E-state index contributed by atoms with van der Waals surface area (Å²) in [6.07, 6.45) is 0.101. The second kappa shape index (κ2) is 5.00. The number of fused-ring (bicyclic) bond motifs is 1. The molecule has 2 saturated carbocycles. The van der Waals surface area contributed by atoms with Crippen molar-refractivity contribution < 1.29 is 19.4 Å². The van der Waals surface area contributed by atoms with Crippen molar-refractivity contribution in [2.75, 3.05) is 0 Å². The van der Waals surface area contributed by atoms with Crippen molar-refractivity contribution in [2.45, 2.75) is 64.0 Å². The van der Waals surface area contributed by atoms with Gasteiger partial charge in [-0.15, -0.1) is 0 Å². The quantitative estimate of drug-likeness (QED) is 0.786. The molecule has 0 aliphatic heterocycles. The van der Waals surface area contributed by atoms with Gasteiger partial charge in [-0.3, -0.25) is 4.79 Å². The maximum Gasteiger partial charge on any atom is 0.407 e. The van der Waals surface area contributed by atoms with Crippen LogP contribution in [0.4, 0.5) is 4.79 Å². The summed E-state index contributed by atoms with van der Waals surface area (Å²) in [6, 6.07) is -0.0531. The summed E-state index contributed by atoms with van der Waals surface area (Å²) >= 11 is 0. The Balaban J connectivity index is 2.05. The van der Waals surface area contributed by atoms with Gasteiger partial charge in [-0.2, -0.15) is 0 Å². The molecule has 0 aromatic carbocycles. The van der Waals surface area contributed by atoms with Gasteiger partial charge in [0.25, 0.3) is 0 Å². The predicted octanol–water partition coefficient (Wildman–Crippen LogP) is 2.94. The Hall–Kier alpha value is -1.04. The number of aliphatic carboxylic acids is 1. The lowest BCUT2D eigenvalue weighted by molar-refractivity contribution is -0.142. The number of rotatable bonds is 3. The lowest BCUT2D eigenvalue weighted by Gasteiger charge is -2.26. The number of carbonyl (C=O) groups is 2. The van der Waals surface area contributed by atoms with Crippen LogP contribution in [0.1, 0.15) is 27.2 Å². The van der Waals surface area contributed by atoms with Crippen molar-refractivity contribution in [2.24, 2.45) is 17.8 Å². The summed E-state index contributed by atoms with van der Waals surface area (Å²) in [7, 11) is -1.40. The van der Waals surface area contributed by atoms with Crippen LogP contribution < -0.4 is 5.32 Å². The van der Waals surface area contributed by atoms with Crippen LogP contribution in [0.5, 0.6) is 0 Å². The molecule has 2 fully saturated rings. The van der Waals surface area contributed by atoms with Crippen LogP contribution in [0.25, 0.3) is 0 Å². The fraction of sp³-hybridized carbons (Fsp3) is 0.867. The highest BCUT2D eigenvalue weighted by Crippen LogP contribution is 2.68. The van der Waals surface area contributed by atoms with E-state index in [1.54, 1.807) is 0 Å². The van der Waals surface area contributed by atoms with Crippen molar-refractivity contribution in [1.29, 1.82) is 0 Å². The van der Waals surface area contributed by atoms with Gasteiger partial charge in [-0.1, -0.05) is 19.6 Å². The minimum Gasteiger partial charge on any atom is -0.481 e. The highest BCUT2D eigenvalue weighted by molar-refractivity contribution is 6.78. The molecule has 0 spiro atoms. The van der Waals surface area contributed by atoms with Crippen LogP contribution in [0.2, 0.25) is 25.2 Å². The van der Waals surface area contributed by atoms with E-state index in [1.807, 2.05) is 20.8 Å². The zero-order valence-electron chi connectivity index (χ0n) is 13.8. The average molecular weight is 313 g/mol. The van der Waals surface area contributed by atoms with Crippen LogP contribution in [0, 0.1) is 17.8 Å². The third-order valence-corrected chi connectivity index (χ3v) is 7.36. The summed E-state index contributed by atoms with van der Waals surface area (Å²) in [5.74, 6) is -0.467. The largest absolute Gasteiger partial charge is 0.481 e. The highest BCUT2D eigenvalue weighted by atomic mass is 28.3. The molecular formula is C15H27NO4Si. The maximum absolute atomic E-state index is 11.9. The van der Waals surface area contributed by atoms with Crippen LogP contribution in [-0.2, 0) is 9.53 Å². The molecule has 0 bridgehead atoms. The van der Waals surface area contributed by atoms with Gasteiger partial charge in [0.1, 0.15) is 5.60 Å². The Morgan fingerprint density at radius 1 is 1.19 bits per heavy atom. The van der Waals surface area contributed by atoms with Gasteiger partial charge >= 0.3 is 12.1 Å². The van der Waals surface area contributed by atoms with Gasteiger partial charge in [-0.05, 0) is 44.6 Å². The molecule has 2 rings (SSSR count). The third kappa shape index (κ3) is 3.41. The van der Waals surface area contributed by atoms with Crippen molar-refractivity contribution in [3.8, 4) is 0 Å². The van der Waals surface area contributed by atoms with Crippen LogP contribution in [-0.4, -0.2) is 36.9 Å². The number of hydrogen-bond donors (Lipinski definition) is 2. The number of nitrogens with one attached hydrogen (secondary N) is 1. The Morgan fingerprint density at radius 3 is 2.19 bits per heavy atom. The molecule has 1 amide bonds. The first kappa shape index (κ1) is 16.3. The Kier molecular flexibility index (Phi) is 3.89. The second-order valence-electron chi connectivity index (χ2n) is 8.48. The molecule has 2 N–H and O–H groups in total. The fourth-order valence-corrected chi connectivity index (χ4v) is 7.13. The molecule has 0 aromatic heterocycles. The van der Waals surface area contributed by atoms with Crippen LogP contribution in [0.3, 0.4) is 0 Å². The van der Waals surface area contributed by atoms with E-state index in [1.165, 1.54) is 0 Å². The zero-order valence-corrected chi connectivity index (χ0v) is 14.8. The summed E-state index contributed by atoms with van der Waals surface area (Å²) < 4.78 is 5.30. The molecule has 1 unspecified atom stereocenters. The van der Waals surface area contributed by atoms with E-state index in [0.29, 0.717) is 17.9 Å².